The third-order valence-corrected chi connectivity index (χ3v) is 5.04. The molecule has 3 rings (SSSR count). The van der Waals surface area contributed by atoms with E-state index >= 15 is 0 Å². The summed E-state index contributed by atoms with van der Waals surface area (Å²) in [4.78, 5) is 33.9. The molecule has 2 aromatic heterocycles. The highest BCUT2D eigenvalue weighted by Gasteiger charge is 2.13. The highest BCUT2D eigenvalue weighted by Crippen LogP contribution is 2.08. The number of hydrogen-bond acceptors (Lipinski definition) is 6. The zero-order valence-electron chi connectivity index (χ0n) is 17.9. The van der Waals surface area contributed by atoms with Crippen LogP contribution in [0, 0.1) is 6.92 Å². The van der Waals surface area contributed by atoms with E-state index in [0.717, 1.165) is 17.7 Å². The van der Waals surface area contributed by atoms with Crippen molar-refractivity contribution in [1.82, 2.24) is 19.9 Å². The number of rotatable bonds is 9. The summed E-state index contributed by atoms with van der Waals surface area (Å²) in [6.45, 7) is 4.60. The van der Waals surface area contributed by atoms with Gasteiger partial charge in [-0.2, -0.15) is 0 Å². The monoisotopic (exact) mass is 420 g/mol. The van der Waals surface area contributed by atoms with Gasteiger partial charge in [0, 0.05) is 30.7 Å². The van der Waals surface area contributed by atoms with Crippen molar-refractivity contribution in [1.29, 1.82) is 0 Å². The summed E-state index contributed by atoms with van der Waals surface area (Å²) < 4.78 is 1.47. The van der Waals surface area contributed by atoms with Crippen molar-refractivity contribution < 1.29 is 4.79 Å². The van der Waals surface area contributed by atoms with Crippen molar-refractivity contribution in [2.75, 3.05) is 17.6 Å². The number of nitrogen functional groups attached to an aromatic ring is 1. The van der Waals surface area contributed by atoms with E-state index in [9.17, 15) is 9.59 Å². The molecule has 0 radical (unpaired) electrons. The van der Waals surface area contributed by atoms with Gasteiger partial charge in [-0.3, -0.25) is 14.2 Å². The Morgan fingerprint density at radius 2 is 1.94 bits per heavy atom. The molecular weight excluding hydrogens is 392 g/mol. The Morgan fingerprint density at radius 3 is 2.65 bits per heavy atom. The van der Waals surface area contributed by atoms with Gasteiger partial charge in [0.2, 0.25) is 5.91 Å². The van der Waals surface area contributed by atoms with Crippen LogP contribution in [0.5, 0.6) is 0 Å². The van der Waals surface area contributed by atoms with Crippen molar-refractivity contribution in [3.63, 3.8) is 0 Å². The lowest BCUT2D eigenvalue weighted by molar-refractivity contribution is -0.121. The van der Waals surface area contributed by atoms with Gasteiger partial charge in [-0.05, 0) is 37.0 Å². The first kappa shape index (κ1) is 22.0. The fraction of sp³-hybridized carbons (Fsp3) is 0.304. The maximum absolute atomic E-state index is 12.9. The van der Waals surface area contributed by atoms with E-state index in [1.165, 1.54) is 10.1 Å². The molecule has 0 bridgehead atoms. The van der Waals surface area contributed by atoms with Gasteiger partial charge in [0.15, 0.2) is 5.82 Å². The number of amides is 1. The first-order valence-corrected chi connectivity index (χ1v) is 10.3. The topological polar surface area (TPSA) is 115 Å². The second-order valence-corrected chi connectivity index (χ2v) is 7.26. The van der Waals surface area contributed by atoms with Crippen LogP contribution in [0.3, 0.4) is 0 Å². The average molecular weight is 421 g/mol. The number of nitrogens with zero attached hydrogens (tertiary/aromatic N) is 3. The number of anilines is 2. The molecule has 4 N–H and O–H groups in total. The largest absolute Gasteiger partial charge is 0.384 e. The molecular formula is C23H28N6O2. The Hall–Kier alpha value is -3.68. The molecule has 0 spiro atoms. The summed E-state index contributed by atoms with van der Waals surface area (Å²) >= 11 is 0. The van der Waals surface area contributed by atoms with Gasteiger partial charge in [-0.1, -0.05) is 43.3 Å². The molecule has 0 aliphatic carbocycles. The second-order valence-electron chi connectivity index (χ2n) is 7.26. The van der Waals surface area contributed by atoms with Gasteiger partial charge in [0.25, 0.3) is 5.56 Å². The Balaban J connectivity index is 1.65. The van der Waals surface area contributed by atoms with E-state index in [0.29, 0.717) is 31.0 Å². The van der Waals surface area contributed by atoms with E-state index in [4.69, 9.17) is 5.73 Å². The molecule has 0 unspecified atom stereocenters. The summed E-state index contributed by atoms with van der Waals surface area (Å²) in [6, 6.07) is 13.5. The van der Waals surface area contributed by atoms with Gasteiger partial charge in [0.05, 0.1) is 0 Å². The average Bonchev–Trinajstić information content (AvgIpc) is 2.76. The lowest BCUT2D eigenvalue weighted by Crippen LogP contribution is -2.35. The van der Waals surface area contributed by atoms with Crippen LogP contribution in [0.25, 0.3) is 0 Å². The Bertz CT molecular complexity index is 1090. The number of carbonyl (C=O) groups is 1. The lowest BCUT2D eigenvalue weighted by atomic mass is 10.1. The number of carbonyl (C=O) groups excluding carboxylic acids is 1. The van der Waals surface area contributed by atoms with Crippen LogP contribution in [0.1, 0.15) is 29.4 Å². The molecule has 0 aliphatic rings. The minimum Gasteiger partial charge on any atom is -0.384 e. The minimum absolute atomic E-state index is 0.0701. The lowest BCUT2D eigenvalue weighted by Gasteiger charge is -2.14. The number of nitrogens with one attached hydrogen (secondary N) is 2. The van der Waals surface area contributed by atoms with Gasteiger partial charge in [0.1, 0.15) is 12.4 Å². The Morgan fingerprint density at radius 1 is 1.16 bits per heavy atom. The maximum atomic E-state index is 12.9. The minimum atomic E-state index is -0.298. The first-order chi connectivity index (χ1) is 15.0. The Kier molecular flexibility index (Phi) is 7.37. The van der Waals surface area contributed by atoms with Crippen molar-refractivity contribution in [3.05, 3.63) is 81.5 Å². The third kappa shape index (κ3) is 5.91. The van der Waals surface area contributed by atoms with E-state index in [2.05, 4.69) is 20.6 Å². The quantitative estimate of drug-likeness (QED) is 0.488. The normalized spacial score (nSPS) is 10.6. The van der Waals surface area contributed by atoms with Crippen molar-refractivity contribution in [2.45, 2.75) is 39.8 Å². The van der Waals surface area contributed by atoms with Crippen molar-refractivity contribution >= 4 is 17.5 Å². The number of aryl methyl sites for hydroxylation is 2. The Labute approximate surface area is 181 Å². The highest BCUT2D eigenvalue weighted by molar-refractivity contribution is 5.75. The molecule has 1 amide bonds. The standard InChI is InChI=1S/C23H28N6O2/c1-3-19-14-27-22(25-12-11-17-7-5-4-6-8-17)23(31)29(19)15-21(30)26-13-18-9-10-20(24)28-16(18)2/h4-10,14H,3,11-13,15H2,1-2H3,(H2,24,28)(H,25,27)(H,26,30). The molecule has 8 nitrogen and oxygen atoms in total. The van der Waals surface area contributed by atoms with Crippen LogP contribution in [0.4, 0.5) is 11.6 Å². The molecule has 8 heteroatoms. The predicted molar refractivity (Wildman–Crippen MR) is 122 cm³/mol. The molecule has 1 aromatic carbocycles. The molecule has 0 aliphatic heterocycles. The van der Waals surface area contributed by atoms with E-state index in [1.807, 2.05) is 50.2 Å². The van der Waals surface area contributed by atoms with Crippen LogP contribution < -0.4 is 21.9 Å². The summed E-state index contributed by atoms with van der Waals surface area (Å²) in [5, 5.41) is 5.95. The third-order valence-electron chi connectivity index (χ3n) is 5.04. The fourth-order valence-electron chi connectivity index (χ4n) is 3.26. The number of nitrogens with two attached hydrogens (primary N) is 1. The molecule has 0 saturated carbocycles. The molecule has 3 aromatic rings. The summed E-state index contributed by atoms with van der Waals surface area (Å²) in [5.74, 6) is 0.435. The second kappa shape index (κ2) is 10.4. The predicted octanol–water partition coefficient (Wildman–Crippen LogP) is 2.06. The fourth-order valence-corrected chi connectivity index (χ4v) is 3.26. The molecule has 0 atom stereocenters. The van der Waals surface area contributed by atoms with Crippen LogP contribution in [0.2, 0.25) is 0 Å². The highest BCUT2D eigenvalue weighted by atomic mass is 16.2. The molecule has 31 heavy (non-hydrogen) atoms. The van der Waals surface area contributed by atoms with Gasteiger partial charge < -0.3 is 16.4 Å². The molecule has 0 saturated heterocycles. The number of aromatic nitrogens is 3. The zero-order valence-corrected chi connectivity index (χ0v) is 17.9. The molecule has 0 fully saturated rings. The van der Waals surface area contributed by atoms with Crippen LogP contribution in [-0.2, 0) is 30.7 Å². The zero-order chi connectivity index (χ0) is 22.2. The summed E-state index contributed by atoms with van der Waals surface area (Å²) in [5.41, 5.74) is 8.89. The van der Waals surface area contributed by atoms with Crippen molar-refractivity contribution in [2.24, 2.45) is 0 Å². The van der Waals surface area contributed by atoms with Gasteiger partial charge in [-0.15, -0.1) is 0 Å². The number of hydrogen-bond donors (Lipinski definition) is 3. The molecule has 2 heterocycles. The summed E-state index contributed by atoms with van der Waals surface area (Å²) in [6.07, 6.45) is 3.02. The maximum Gasteiger partial charge on any atom is 0.293 e. The van der Waals surface area contributed by atoms with Gasteiger partial charge >= 0.3 is 0 Å². The number of benzene rings is 1. The summed E-state index contributed by atoms with van der Waals surface area (Å²) in [7, 11) is 0. The smallest absolute Gasteiger partial charge is 0.293 e. The first-order valence-electron chi connectivity index (χ1n) is 10.3. The van der Waals surface area contributed by atoms with Gasteiger partial charge in [-0.25, -0.2) is 9.97 Å². The SMILES string of the molecule is CCc1cnc(NCCc2ccccc2)c(=O)n1CC(=O)NCc1ccc(N)nc1C. The van der Waals surface area contributed by atoms with Crippen molar-refractivity contribution in [3.8, 4) is 0 Å². The number of pyridine rings is 1. The van der Waals surface area contributed by atoms with Crippen LogP contribution in [0.15, 0.2) is 53.5 Å². The van der Waals surface area contributed by atoms with Crippen LogP contribution >= 0.6 is 0 Å². The van der Waals surface area contributed by atoms with E-state index in [-0.39, 0.29) is 23.8 Å². The van der Waals surface area contributed by atoms with Crippen LogP contribution in [-0.4, -0.2) is 27.0 Å². The molecule has 162 valence electrons. The van der Waals surface area contributed by atoms with E-state index < -0.39 is 0 Å². The van der Waals surface area contributed by atoms with E-state index in [1.54, 1.807) is 12.3 Å².